The van der Waals surface area contributed by atoms with E-state index in [9.17, 15) is 12.8 Å². The molecule has 2 aromatic carbocycles. The predicted octanol–water partition coefficient (Wildman–Crippen LogP) is 4.41. The van der Waals surface area contributed by atoms with Crippen LogP contribution < -0.4 is 9.46 Å². The van der Waals surface area contributed by atoms with E-state index in [0.717, 1.165) is 55.7 Å². The highest BCUT2D eigenvalue weighted by molar-refractivity contribution is 7.92. The van der Waals surface area contributed by atoms with E-state index in [4.69, 9.17) is 26.1 Å². The number of anilines is 1. The van der Waals surface area contributed by atoms with Crippen LogP contribution in [0.1, 0.15) is 18.5 Å². The first-order valence-electron chi connectivity index (χ1n) is 12.4. The van der Waals surface area contributed by atoms with Gasteiger partial charge in [-0.2, -0.15) is 10.1 Å². The number of aromatic amines is 1. The summed E-state index contributed by atoms with van der Waals surface area (Å²) in [6, 6.07) is 9.81. The van der Waals surface area contributed by atoms with Gasteiger partial charge in [0.05, 0.1) is 12.3 Å². The Balaban J connectivity index is 1.36. The van der Waals surface area contributed by atoms with E-state index in [-0.39, 0.29) is 16.8 Å². The zero-order chi connectivity index (χ0) is 27.6. The topological polar surface area (TPSA) is 122 Å². The van der Waals surface area contributed by atoms with Crippen molar-refractivity contribution in [1.82, 2.24) is 25.1 Å². The molecule has 1 saturated heterocycles. The van der Waals surface area contributed by atoms with Crippen molar-refractivity contribution in [3.05, 3.63) is 59.0 Å². The van der Waals surface area contributed by atoms with E-state index in [0.29, 0.717) is 29.5 Å². The minimum Gasteiger partial charge on any atom is -0.474 e. The van der Waals surface area contributed by atoms with Gasteiger partial charge < -0.3 is 14.4 Å². The highest BCUT2D eigenvalue weighted by Gasteiger charge is 2.24. The summed E-state index contributed by atoms with van der Waals surface area (Å²) in [6.45, 7) is 5.29. The molecule has 0 unspecified atom stereocenters. The number of H-pyrrole nitrogens is 1. The molecular formula is C26H28ClFN6O4S. The van der Waals surface area contributed by atoms with Gasteiger partial charge in [-0.25, -0.2) is 17.8 Å². The second-order valence-electron chi connectivity index (χ2n) is 9.29. The Morgan fingerprint density at radius 3 is 2.62 bits per heavy atom. The highest BCUT2D eigenvalue weighted by Crippen LogP contribution is 2.31. The quantitative estimate of drug-likeness (QED) is 0.301. The van der Waals surface area contributed by atoms with Crippen LogP contribution in [0.2, 0.25) is 5.02 Å². The fourth-order valence-electron chi connectivity index (χ4n) is 4.46. The number of hydrogen-bond donors (Lipinski definition) is 2. The number of hydrogen-bond acceptors (Lipinski definition) is 8. The summed E-state index contributed by atoms with van der Waals surface area (Å²) in [5, 5.41) is 8.06. The molecule has 0 amide bonds. The number of nitrogens with one attached hydrogen (secondary N) is 2. The molecule has 0 spiro atoms. The Morgan fingerprint density at radius 2 is 1.90 bits per heavy atom. The van der Waals surface area contributed by atoms with E-state index >= 15 is 0 Å². The van der Waals surface area contributed by atoms with Crippen LogP contribution in [0.5, 0.6) is 5.88 Å². The molecule has 0 aliphatic carbocycles. The average molecular weight is 575 g/mol. The van der Waals surface area contributed by atoms with Crippen LogP contribution in [-0.2, 0) is 14.8 Å². The van der Waals surface area contributed by atoms with Crippen LogP contribution in [0.15, 0.2) is 47.4 Å². The summed E-state index contributed by atoms with van der Waals surface area (Å²) in [4.78, 5) is 11.1. The van der Waals surface area contributed by atoms with Gasteiger partial charge in [-0.1, -0.05) is 11.6 Å². The van der Waals surface area contributed by atoms with Crippen LogP contribution in [0.3, 0.4) is 0 Å². The SMILES string of the molecule is COCCN1CCC(Oc2nc(-c3ccc(NS(=O)(=O)c4cc(Cl)ccc4F)cc3)nc3[nH]nc(C)c23)CC1. The lowest BCUT2D eigenvalue weighted by atomic mass is 10.1. The Hall–Kier alpha value is -3.32. The molecule has 2 aromatic heterocycles. The Bertz CT molecular complexity index is 1570. The lowest BCUT2D eigenvalue weighted by Crippen LogP contribution is -2.39. The summed E-state index contributed by atoms with van der Waals surface area (Å²) in [5.41, 5.74) is 2.17. The van der Waals surface area contributed by atoms with Crippen molar-refractivity contribution in [2.45, 2.75) is 30.8 Å². The normalized spacial score (nSPS) is 15.1. The number of rotatable bonds is 9. The van der Waals surface area contributed by atoms with E-state index in [1.54, 1.807) is 31.4 Å². The monoisotopic (exact) mass is 574 g/mol. The molecule has 0 atom stereocenters. The largest absolute Gasteiger partial charge is 0.474 e. The van der Waals surface area contributed by atoms with Crippen molar-refractivity contribution in [3.8, 4) is 17.3 Å². The fourth-order valence-corrected chi connectivity index (χ4v) is 5.86. The van der Waals surface area contributed by atoms with Crippen LogP contribution in [0.4, 0.5) is 10.1 Å². The number of benzene rings is 2. The molecule has 3 heterocycles. The number of likely N-dealkylation sites (tertiary alicyclic amines) is 1. The fraction of sp³-hybridized carbons (Fsp3) is 0.346. The Morgan fingerprint density at radius 1 is 1.15 bits per heavy atom. The number of fused-ring (bicyclic) bond motifs is 1. The van der Waals surface area contributed by atoms with E-state index < -0.39 is 20.7 Å². The first kappa shape index (κ1) is 27.3. The van der Waals surface area contributed by atoms with Gasteiger partial charge in [-0.15, -0.1) is 0 Å². The van der Waals surface area contributed by atoms with Gasteiger partial charge >= 0.3 is 0 Å². The molecule has 5 rings (SSSR count). The first-order chi connectivity index (χ1) is 18.7. The third-order valence-electron chi connectivity index (χ3n) is 6.57. The Labute approximate surface area is 230 Å². The molecule has 2 N–H and O–H groups in total. The summed E-state index contributed by atoms with van der Waals surface area (Å²) < 4.78 is 53.5. The second-order valence-corrected chi connectivity index (χ2v) is 11.4. The third-order valence-corrected chi connectivity index (χ3v) is 8.20. The van der Waals surface area contributed by atoms with Gasteiger partial charge in [0.2, 0.25) is 5.88 Å². The molecule has 39 heavy (non-hydrogen) atoms. The lowest BCUT2D eigenvalue weighted by molar-refractivity contribution is 0.0782. The van der Waals surface area contributed by atoms with Gasteiger partial charge in [0, 0.05) is 43.0 Å². The van der Waals surface area contributed by atoms with Crippen LogP contribution in [-0.4, -0.2) is 72.9 Å². The maximum atomic E-state index is 14.1. The smallest absolute Gasteiger partial charge is 0.264 e. The molecule has 0 bridgehead atoms. The maximum Gasteiger partial charge on any atom is 0.264 e. The zero-order valence-corrected chi connectivity index (χ0v) is 23.0. The van der Waals surface area contributed by atoms with Gasteiger partial charge in [-0.05, 0) is 62.2 Å². The number of nitrogens with zero attached hydrogens (tertiary/aromatic N) is 4. The Kier molecular flexibility index (Phi) is 7.98. The standard InChI is InChI=1S/C26H28ClFN6O4S/c1-16-23-25(32-31-16)29-24(30-26(23)38-20-9-11-34(12-10-20)13-14-37-2)17-3-6-19(7-4-17)33-39(35,36)22-15-18(27)5-8-21(22)28/h3-8,15,20,33H,9-14H2,1-2H3,(H,29,30,31,32). The molecule has 0 radical (unpaired) electrons. The number of halogens is 2. The van der Waals surface area contributed by atoms with Gasteiger partial charge in [0.25, 0.3) is 10.0 Å². The molecule has 0 saturated carbocycles. The van der Waals surface area contributed by atoms with Crippen molar-refractivity contribution in [3.63, 3.8) is 0 Å². The third kappa shape index (κ3) is 6.14. The minimum absolute atomic E-state index is 0.00714. The van der Waals surface area contributed by atoms with Crippen LogP contribution >= 0.6 is 11.6 Å². The number of methoxy groups -OCH3 is 1. The van der Waals surface area contributed by atoms with E-state index in [1.165, 1.54) is 6.07 Å². The molecule has 1 aliphatic heterocycles. The molecule has 10 nitrogen and oxygen atoms in total. The van der Waals surface area contributed by atoms with E-state index in [2.05, 4.69) is 24.8 Å². The van der Waals surface area contributed by atoms with Crippen molar-refractivity contribution in [1.29, 1.82) is 0 Å². The molecule has 1 fully saturated rings. The van der Waals surface area contributed by atoms with E-state index in [1.807, 2.05) is 6.92 Å². The average Bonchev–Trinajstić information content (AvgIpc) is 3.30. The van der Waals surface area contributed by atoms with Crippen molar-refractivity contribution >= 4 is 38.3 Å². The molecule has 1 aliphatic rings. The lowest BCUT2D eigenvalue weighted by Gasteiger charge is -2.31. The van der Waals surface area contributed by atoms with Gasteiger partial charge in [-0.3, -0.25) is 9.82 Å². The summed E-state index contributed by atoms with van der Waals surface area (Å²) in [5.74, 6) is -0.0416. The second kappa shape index (κ2) is 11.4. The molecular weight excluding hydrogens is 547 g/mol. The minimum atomic E-state index is -4.19. The number of ether oxygens (including phenoxy) is 2. The number of sulfonamides is 1. The van der Waals surface area contributed by atoms with Crippen LogP contribution in [0, 0.1) is 12.7 Å². The molecule has 13 heteroatoms. The maximum absolute atomic E-state index is 14.1. The highest BCUT2D eigenvalue weighted by atomic mass is 35.5. The van der Waals surface area contributed by atoms with Gasteiger partial charge in [0.15, 0.2) is 11.5 Å². The summed E-state index contributed by atoms with van der Waals surface area (Å²) >= 11 is 5.86. The van der Waals surface area contributed by atoms with Crippen LogP contribution in [0.25, 0.3) is 22.4 Å². The predicted molar refractivity (Wildman–Crippen MR) is 146 cm³/mol. The summed E-state index contributed by atoms with van der Waals surface area (Å²) in [7, 11) is -2.48. The van der Waals surface area contributed by atoms with Crippen molar-refractivity contribution in [2.75, 3.05) is 38.1 Å². The number of aryl methyl sites for hydroxylation is 1. The zero-order valence-electron chi connectivity index (χ0n) is 21.4. The summed E-state index contributed by atoms with van der Waals surface area (Å²) in [6.07, 6.45) is 1.74. The molecule has 206 valence electrons. The number of piperidine rings is 1. The van der Waals surface area contributed by atoms with Crippen molar-refractivity contribution < 1.29 is 22.3 Å². The van der Waals surface area contributed by atoms with Gasteiger partial charge in [0.1, 0.15) is 22.2 Å². The first-order valence-corrected chi connectivity index (χ1v) is 14.3. The van der Waals surface area contributed by atoms with Crippen molar-refractivity contribution in [2.24, 2.45) is 0 Å². The number of aromatic nitrogens is 4. The molecule has 4 aromatic rings.